The minimum absolute atomic E-state index is 0.118. The Morgan fingerprint density at radius 1 is 1.12 bits per heavy atom. The van der Waals surface area contributed by atoms with Crippen LogP contribution in [0.15, 0.2) is 53.4 Å². The predicted molar refractivity (Wildman–Crippen MR) is 103 cm³/mol. The lowest BCUT2D eigenvalue weighted by Gasteiger charge is -2.18. The molecule has 0 saturated carbocycles. The molecule has 0 radical (unpaired) electrons. The largest absolute Gasteiger partial charge is 0.280 e. The number of aryl methyl sites for hydroxylation is 1. The summed E-state index contributed by atoms with van der Waals surface area (Å²) in [5.41, 5.74) is 1.90. The van der Waals surface area contributed by atoms with Crippen molar-refractivity contribution in [1.82, 2.24) is 0 Å². The number of rotatable bonds is 6. The Morgan fingerprint density at radius 3 is 2.46 bits per heavy atom. The Bertz CT molecular complexity index is 984. The van der Waals surface area contributed by atoms with Crippen LogP contribution in [0.1, 0.15) is 25.3 Å². The Labute approximate surface area is 155 Å². The van der Waals surface area contributed by atoms with E-state index >= 15 is 0 Å². The highest BCUT2D eigenvalue weighted by Crippen LogP contribution is 2.27. The number of hydrogen-bond donors (Lipinski definition) is 1. The fourth-order valence-corrected chi connectivity index (χ4v) is 5.60. The molecule has 0 aliphatic carbocycles. The van der Waals surface area contributed by atoms with Crippen molar-refractivity contribution >= 4 is 31.4 Å². The van der Waals surface area contributed by atoms with Gasteiger partial charge in [-0.2, -0.15) is 0 Å². The molecule has 0 spiro atoms. The SMILES string of the molecule is CCCc1ccc(S(=O)(=O)Nc2cccc(N3CCCS3(=O)=O)c2)cc1. The van der Waals surface area contributed by atoms with Crippen LogP contribution in [0.2, 0.25) is 0 Å². The molecular formula is C18H22N2O4S2. The second kappa shape index (κ2) is 7.28. The minimum Gasteiger partial charge on any atom is -0.280 e. The summed E-state index contributed by atoms with van der Waals surface area (Å²) in [6.45, 7) is 2.48. The van der Waals surface area contributed by atoms with Gasteiger partial charge in [0.2, 0.25) is 10.0 Å². The monoisotopic (exact) mass is 394 g/mol. The van der Waals surface area contributed by atoms with Crippen LogP contribution in [-0.2, 0) is 26.5 Å². The minimum atomic E-state index is -3.73. The molecule has 2 aromatic rings. The zero-order valence-corrected chi connectivity index (χ0v) is 16.2. The molecule has 0 unspecified atom stereocenters. The van der Waals surface area contributed by atoms with Gasteiger partial charge in [0.05, 0.1) is 22.0 Å². The van der Waals surface area contributed by atoms with Crippen LogP contribution in [-0.4, -0.2) is 29.1 Å². The van der Waals surface area contributed by atoms with Crippen LogP contribution in [0.4, 0.5) is 11.4 Å². The van der Waals surface area contributed by atoms with E-state index in [1.54, 1.807) is 36.4 Å². The maximum Gasteiger partial charge on any atom is 0.261 e. The summed E-state index contributed by atoms with van der Waals surface area (Å²) in [5, 5.41) is 0. The van der Waals surface area contributed by atoms with E-state index in [0.29, 0.717) is 24.3 Å². The number of benzene rings is 2. The fraction of sp³-hybridized carbons (Fsp3) is 0.333. The van der Waals surface area contributed by atoms with Crippen molar-refractivity contribution in [3.8, 4) is 0 Å². The van der Waals surface area contributed by atoms with Gasteiger partial charge in [-0.1, -0.05) is 31.5 Å². The number of anilines is 2. The molecular weight excluding hydrogens is 372 g/mol. The maximum atomic E-state index is 12.6. The zero-order valence-electron chi connectivity index (χ0n) is 14.6. The third kappa shape index (κ3) is 4.02. The normalized spacial score (nSPS) is 16.6. The molecule has 6 nitrogen and oxygen atoms in total. The molecule has 1 aliphatic heterocycles. The molecule has 1 aliphatic rings. The van der Waals surface area contributed by atoms with Crippen molar-refractivity contribution < 1.29 is 16.8 Å². The van der Waals surface area contributed by atoms with Gasteiger partial charge in [-0.25, -0.2) is 16.8 Å². The van der Waals surface area contributed by atoms with Crippen LogP contribution >= 0.6 is 0 Å². The number of hydrogen-bond acceptors (Lipinski definition) is 4. The number of nitrogens with zero attached hydrogens (tertiary/aromatic N) is 1. The summed E-state index contributed by atoms with van der Waals surface area (Å²) in [5.74, 6) is 0.118. The van der Waals surface area contributed by atoms with Gasteiger partial charge in [0.25, 0.3) is 10.0 Å². The summed E-state index contributed by atoms with van der Waals surface area (Å²) in [6.07, 6.45) is 2.47. The van der Waals surface area contributed by atoms with E-state index in [4.69, 9.17) is 0 Å². The van der Waals surface area contributed by atoms with Crippen LogP contribution in [0.25, 0.3) is 0 Å². The first kappa shape index (κ1) is 18.7. The highest BCUT2D eigenvalue weighted by molar-refractivity contribution is 7.93. The molecule has 0 amide bonds. The smallest absolute Gasteiger partial charge is 0.261 e. The molecule has 1 saturated heterocycles. The molecule has 2 aromatic carbocycles. The molecule has 0 bridgehead atoms. The molecule has 0 atom stereocenters. The third-order valence-electron chi connectivity index (χ3n) is 4.26. The standard InChI is InChI=1S/C18H22N2O4S2/c1-2-5-15-8-10-18(11-9-15)26(23,24)19-16-6-3-7-17(14-16)20-12-4-13-25(20,21)22/h3,6-11,14,19H,2,4-5,12-13H2,1H3. The topological polar surface area (TPSA) is 83.6 Å². The van der Waals surface area contributed by atoms with Gasteiger partial charge in [-0.15, -0.1) is 0 Å². The van der Waals surface area contributed by atoms with E-state index in [0.717, 1.165) is 18.4 Å². The zero-order chi connectivity index (χ0) is 18.8. The van der Waals surface area contributed by atoms with Crippen LogP contribution < -0.4 is 9.03 Å². The van der Waals surface area contributed by atoms with Gasteiger partial charge < -0.3 is 0 Å². The van der Waals surface area contributed by atoms with E-state index in [1.165, 1.54) is 4.31 Å². The molecule has 8 heteroatoms. The summed E-state index contributed by atoms with van der Waals surface area (Å²) in [6, 6.07) is 13.3. The van der Waals surface area contributed by atoms with Gasteiger partial charge in [0.15, 0.2) is 0 Å². The van der Waals surface area contributed by atoms with Gasteiger partial charge in [0.1, 0.15) is 0 Å². The van der Waals surface area contributed by atoms with Gasteiger partial charge in [-0.3, -0.25) is 9.03 Å². The number of sulfonamides is 2. The molecule has 26 heavy (non-hydrogen) atoms. The van der Waals surface area contributed by atoms with E-state index in [2.05, 4.69) is 11.6 Å². The Morgan fingerprint density at radius 2 is 1.85 bits per heavy atom. The third-order valence-corrected chi connectivity index (χ3v) is 7.52. The van der Waals surface area contributed by atoms with Crippen molar-refractivity contribution in [3.63, 3.8) is 0 Å². The molecule has 1 N–H and O–H groups in total. The summed E-state index contributed by atoms with van der Waals surface area (Å²) < 4.78 is 53.1. The van der Waals surface area contributed by atoms with E-state index < -0.39 is 20.0 Å². The average Bonchev–Trinajstić information content (AvgIpc) is 2.95. The molecule has 140 valence electrons. The van der Waals surface area contributed by atoms with Gasteiger partial charge in [-0.05, 0) is 48.7 Å². The highest BCUT2D eigenvalue weighted by atomic mass is 32.2. The van der Waals surface area contributed by atoms with Crippen LogP contribution in [0.5, 0.6) is 0 Å². The van der Waals surface area contributed by atoms with Gasteiger partial charge in [0, 0.05) is 6.54 Å². The first-order valence-electron chi connectivity index (χ1n) is 8.54. The van der Waals surface area contributed by atoms with Gasteiger partial charge >= 0.3 is 0 Å². The summed E-state index contributed by atoms with van der Waals surface area (Å²) >= 11 is 0. The van der Waals surface area contributed by atoms with Crippen molar-refractivity contribution in [1.29, 1.82) is 0 Å². The Hall–Kier alpha value is -2.06. The molecule has 1 heterocycles. The van der Waals surface area contributed by atoms with Crippen molar-refractivity contribution in [2.75, 3.05) is 21.3 Å². The van der Waals surface area contributed by atoms with E-state index in [-0.39, 0.29) is 10.6 Å². The molecule has 1 fully saturated rings. The lowest BCUT2D eigenvalue weighted by Crippen LogP contribution is -2.25. The summed E-state index contributed by atoms with van der Waals surface area (Å²) in [4.78, 5) is 0.177. The molecule has 0 aromatic heterocycles. The predicted octanol–water partition coefficient (Wildman–Crippen LogP) is 2.98. The van der Waals surface area contributed by atoms with Crippen LogP contribution in [0.3, 0.4) is 0 Å². The molecule has 3 rings (SSSR count). The number of nitrogens with one attached hydrogen (secondary N) is 1. The lowest BCUT2D eigenvalue weighted by molar-refractivity contribution is 0.598. The average molecular weight is 395 g/mol. The lowest BCUT2D eigenvalue weighted by atomic mass is 10.1. The van der Waals surface area contributed by atoms with Crippen LogP contribution in [0, 0.1) is 0 Å². The fourth-order valence-electron chi connectivity index (χ4n) is 2.99. The van der Waals surface area contributed by atoms with E-state index in [9.17, 15) is 16.8 Å². The first-order valence-corrected chi connectivity index (χ1v) is 11.6. The Kier molecular flexibility index (Phi) is 5.24. The van der Waals surface area contributed by atoms with Crippen molar-refractivity contribution in [2.45, 2.75) is 31.1 Å². The van der Waals surface area contributed by atoms with Crippen molar-refractivity contribution in [3.05, 3.63) is 54.1 Å². The van der Waals surface area contributed by atoms with E-state index in [1.807, 2.05) is 12.1 Å². The highest BCUT2D eigenvalue weighted by Gasteiger charge is 2.28. The maximum absolute atomic E-state index is 12.6. The summed E-state index contributed by atoms with van der Waals surface area (Å²) in [7, 11) is -7.04. The van der Waals surface area contributed by atoms with Crippen molar-refractivity contribution in [2.24, 2.45) is 0 Å². The Balaban J connectivity index is 1.83. The second-order valence-corrected chi connectivity index (χ2v) is 9.99. The quantitative estimate of drug-likeness (QED) is 0.816. The first-order chi connectivity index (χ1) is 12.3. The second-order valence-electron chi connectivity index (χ2n) is 6.29.